The number of carboxylic acid groups (broad SMARTS) is 1. The minimum absolute atomic E-state index is 0.124. The Morgan fingerprint density at radius 3 is 2.46 bits per heavy atom. The number of esters is 1. The van der Waals surface area contributed by atoms with Crippen LogP contribution in [0.4, 0.5) is 0 Å². The fourth-order valence-electron chi connectivity index (χ4n) is 10.8. The number of hydrogen-bond acceptors (Lipinski definition) is 8. The van der Waals surface area contributed by atoms with E-state index in [1.54, 1.807) is 21.0 Å². The molecular weight excluding hydrogens is 612 g/mol. The van der Waals surface area contributed by atoms with Crippen molar-refractivity contribution in [2.24, 2.45) is 28.6 Å². The van der Waals surface area contributed by atoms with Crippen molar-refractivity contribution < 1.29 is 38.8 Å². The lowest BCUT2D eigenvalue weighted by Gasteiger charge is -2.75. The molecule has 2 aliphatic heterocycles. The number of nitrogens with zero attached hydrogens (tertiary/aromatic N) is 1. The Labute approximate surface area is 284 Å². The summed E-state index contributed by atoms with van der Waals surface area (Å²) in [6.07, 6.45) is 6.35. The monoisotopic (exact) mass is 666 g/mol. The van der Waals surface area contributed by atoms with E-state index >= 15 is 0 Å². The van der Waals surface area contributed by atoms with Crippen LogP contribution < -0.4 is 14.8 Å². The fourth-order valence-corrected chi connectivity index (χ4v) is 10.8. The number of carboxylic acids is 1. The van der Waals surface area contributed by atoms with E-state index in [0.29, 0.717) is 17.5 Å². The highest BCUT2D eigenvalue weighted by Gasteiger charge is 2.82. The van der Waals surface area contributed by atoms with Crippen LogP contribution in [0.5, 0.6) is 11.5 Å². The number of aliphatic hydroxyl groups is 1. The summed E-state index contributed by atoms with van der Waals surface area (Å²) < 4.78 is 19.8. The number of methoxy groups -OCH3 is 1. The Bertz CT molecular complexity index is 1510. The molecule has 4 saturated carbocycles. The highest BCUT2D eigenvalue weighted by atomic mass is 16.6. The van der Waals surface area contributed by atoms with E-state index in [9.17, 15) is 24.6 Å². The van der Waals surface area contributed by atoms with Gasteiger partial charge in [-0.05, 0) is 87.3 Å². The van der Waals surface area contributed by atoms with E-state index < -0.39 is 40.5 Å². The highest BCUT2D eigenvalue weighted by Crippen LogP contribution is 2.78. The van der Waals surface area contributed by atoms with Gasteiger partial charge in [-0.25, -0.2) is 4.79 Å². The molecule has 10 nitrogen and oxygen atoms in total. The van der Waals surface area contributed by atoms with E-state index in [1.165, 1.54) is 18.4 Å². The van der Waals surface area contributed by atoms with Crippen LogP contribution in [0.15, 0.2) is 12.1 Å². The Morgan fingerprint density at radius 1 is 1.10 bits per heavy atom. The zero-order chi connectivity index (χ0) is 34.6. The number of ether oxygens (including phenoxy) is 3. The molecule has 264 valence electrons. The average molecular weight is 667 g/mol. The van der Waals surface area contributed by atoms with Gasteiger partial charge in [-0.1, -0.05) is 40.7 Å². The van der Waals surface area contributed by atoms with Gasteiger partial charge in [0.2, 0.25) is 5.91 Å². The number of fused-ring (bicyclic) bond motifs is 2. The summed E-state index contributed by atoms with van der Waals surface area (Å²) in [7, 11) is 1.77. The number of nitrogens with one attached hydrogen (secondary N) is 1. The van der Waals surface area contributed by atoms with Crippen molar-refractivity contribution in [3.8, 4) is 11.5 Å². The number of amides is 1. The molecule has 3 N–H and O–H groups in total. The second kappa shape index (κ2) is 11.2. The molecule has 1 aromatic rings. The molecule has 5 fully saturated rings. The largest absolute Gasteiger partial charge is 0.482 e. The number of rotatable bonds is 11. The van der Waals surface area contributed by atoms with E-state index in [1.807, 2.05) is 13.0 Å². The molecular formula is C38H54N2O8. The first kappa shape index (κ1) is 33.8. The van der Waals surface area contributed by atoms with Crippen LogP contribution in [0.2, 0.25) is 0 Å². The Morgan fingerprint density at radius 2 is 1.83 bits per heavy atom. The highest BCUT2D eigenvalue weighted by molar-refractivity contribution is 5.86. The summed E-state index contributed by atoms with van der Waals surface area (Å²) in [5.41, 5.74) is -0.206. The van der Waals surface area contributed by atoms with E-state index in [4.69, 9.17) is 14.2 Å². The minimum atomic E-state index is -1.11. The Hall–Kier alpha value is -2.69. The molecule has 4 bridgehead atoms. The topological polar surface area (TPSA) is 135 Å². The van der Waals surface area contributed by atoms with Crippen LogP contribution in [-0.4, -0.2) is 82.5 Å². The number of likely N-dealkylation sites (tertiary alicyclic amines) is 1. The van der Waals surface area contributed by atoms with Crippen molar-refractivity contribution >= 4 is 17.8 Å². The Kier molecular flexibility index (Phi) is 7.85. The molecule has 0 radical (unpaired) electrons. The predicted molar refractivity (Wildman–Crippen MR) is 178 cm³/mol. The maximum Gasteiger partial charge on any atom is 0.326 e. The molecule has 0 aromatic heterocycles. The van der Waals surface area contributed by atoms with Crippen molar-refractivity contribution in [3.63, 3.8) is 0 Å². The van der Waals surface area contributed by atoms with Crippen molar-refractivity contribution in [2.75, 3.05) is 20.2 Å². The van der Waals surface area contributed by atoms with Crippen LogP contribution in [-0.2, 0) is 31.0 Å². The standard InChI is InChI=1S/C38H54N2O8/c1-21(2)30(32(43)44)39-27(41)12-13-28(42)47-24-11-10-23-18-26-36-14-15-38(46-7,25(19-36)35(6,45)34(3,4)5)33-37(36,29(23)31(24)48-33)16-17-40(26)20-22-8-9-22/h10-11,21-22,25-26,30,33,45H,8-9,12-20H2,1-7H3,(H,39,41)(H,43,44)/t25-,26-,30?,33-,35-,36-,37+,38?/m1/s1. The van der Waals surface area contributed by atoms with Crippen LogP contribution >= 0.6 is 0 Å². The van der Waals surface area contributed by atoms with Crippen LogP contribution in [0, 0.1) is 28.6 Å². The summed E-state index contributed by atoms with van der Waals surface area (Å²) in [4.78, 5) is 40.1. The van der Waals surface area contributed by atoms with Gasteiger partial charge in [0.05, 0.1) is 12.0 Å². The Balaban J connectivity index is 1.24. The number of benzene rings is 1. The minimum Gasteiger partial charge on any atom is -0.482 e. The summed E-state index contributed by atoms with van der Waals surface area (Å²) in [5.74, 6) is -0.911. The molecule has 5 aliphatic carbocycles. The van der Waals surface area contributed by atoms with Crippen LogP contribution in [0.3, 0.4) is 0 Å². The van der Waals surface area contributed by atoms with Gasteiger partial charge in [0.15, 0.2) is 11.5 Å². The number of piperidine rings is 1. The first-order chi connectivity index (χ1) is 22.5. The third kappa shape index (κ3) is 4.64. The van der Waals surface area contributed by atoms with Gasteiger partial charge in [-0.3, -0.25) is 14.5 Å². The maximum absolute atomic E-state index is 13.2. The second-order valence-electron chi connectivity index (χ2n) is 17.4. The van der Waals surface area contributed by atoms with Gasteiger partial charge in [-0.2, -0.15) is 0 Å². The first-order valence-electron chi connectivity index (χ1n) is 18.1. The smallest absolute Gasteiger partial charge is 0.326 e. The zero-order valence-corrected chi connectivity index (χ0v) is 29.7. The molecule has 2 spiro atoms. The van der Waals surface area contributed by atoms with Crippen LogP contribution in [0.25, 0.3) is 0 Å². The molecule has 1 aromatic carbocycles. The lowest BCUT2D eigenvalue weighted by atomic mass is 9.33. The van der Waals surface area contributed by atoms with E-state index in [0.717, 1.165) is 56.7 Å². The van der Waals surface area contributed by atoms with Gasteiger partial charge in [0, 0.05) is 48.4 Å². The lowest BCUT2D eigenvalue weighted by molar-refractivity contribution is -0.312. The normalized spacial score (nSPS) is 35.0. The van der Waals surface area contributed by atoms with Gasteiger partial charge >= 0.3 is 11.9 Å². The lowest BCUT2D eigenvalue weighted by Crippen LogP contribution is -2.83. The summed E-state index contributed by atoms with van der Waals surface area (Å²) in [6, 6.07) is 3.25. The predicted octanol–water partition coefficient (Wildman–Crippen LogP) is 4.62. The third-order valence-corrected chi connectivity index (χ3v) is 13.9. The van der Waals surface area contributed by atoms with Gasteiger partial charge in [0.25, 0.3) is 0 Å². The number of carbonyl (C=O) groups is 3. The quantitative estimate of drug-likeness (QED) is 0.229. The fraction of sp³-hybridized carbons (Fsp3) is 0.763. The van der Waals surface area contributed by atoms with Gasteiger partial charge in [0.1, 0.15) is 17.7 Å². The number of hydrogen-bond donors (Lipinski definition) is 3. The van der Waals surface area contributed by atoms with Crippen molar-refractivity contribution in [2.45, 2.75) is 134 Å². The molecule has 1 saturated heterocycles. The molecule has 7 aliphatic rings. The molecule has 2 unspecified atom stereocenters. The van der Waals surface area contributed by atoms with Crippen molar-refractivity contribution in [1.82, 2.24) is 10.2 Å². The third-order valence-electron chi connectivity index (χ3n) is 13.9. The number of aliphatic carboxylic acids is 1. The van der Waals surface area contributed by atoms with Crippen molar-refractivity contribution in [1.29, 1.82) is 0 Å². The molecule has 8 rings (SSSR count). The molecule has 2 heterocycles. The maximum atomic E-state index is 13.2. The molecule has 48 heavy (non-hydrogen) atoms. The average Bonchev–Trinajstić information content (AvgIpc) is 3.76. The second-order valence-corrected chi connectivity index (χ2v) is 17.4. The number of carbonyl (C=O) groups excluding carboxylic acids is 2. The van der Waals surface area contributed by atoms with Gasteiger partial charge in [-0.15, -0.1) is 0 Å². The SMILES string of the molecule is COC12CC[C@@]3(C[C@@H]1[C@@](C)(O)C(C)(C)C)[C@H]1Cc4ccc(OC(=O)CCC(=O)NC(C(=O)O)C(C)C)c5c4[C@@]3(CCN1CC1CC1)[C@H]2O5. The first-order valence-corrected chi connectivity index (χ1v) is 18.1. The molecule has 8 atom stereocenters. The van der Waals surface area contributed by atoms with Crippen molar-refractivity contribution in [3.05, 3.63) is 23.3 Å². The summed E-state index contributed by atoms with van der Waals surface area (Å²) in [6.45, 7) is 13.9. The van der Waals surface area contributed by atoms with Gasteiger partial charge < -0.3 is 29.7 Å². The van der Waals surface area contributed by atoms with E-state index in [-0.39, 0.29) is 41.6 Å². The summed E-state index contributed by atoms with van der Waals surface area (Å²) >= 11 is 0. The van der Waals surface area contributed by atoms with E-state index in [2.05, 4.69) is 37.1 Å². The summed E-state index contributed by atoms with van der Waals surface area (Å²) in [5, 5.41) is 24.4. The molecule has 1 amide bonds. The zero-order valence-electron chi connectivity index (χ0n) is 29.7. The molecule has 10 heteroatoms. The van der Waals surface area contributed by atoms with Crippen LogP contribution in [0.1, 0.15) is 104 Å².